The maximum absolute atomic E-state index is 12.5. The van der Waals surface area contributed by atoms with E-state index in [1.165, 1.54) is 12.1 Å². The van der Waals surface area contributed by atoms with Crippen molar-refractivity contribution in [2.24, 2.45) is 5.92 Å². The Kier molecular flexibility index (Phi) is 6.71. The molecule has 0 amide bonds. The number of nitrogens with zero attached hydrogens (tertiary/aromatic N) is 1. The van der Waals surface area contributed by atoms with E-state index < -0.39 is 10.0 Å². The largest absolute Gasteiger partial charge is 0.379 e. The maximum atomic E-state index is 12.5. The minimum absolute atomic E-state index is 0.0103. The van der Waals surface area contributed by atoms with Gasteiger partial charge in [0, 0.05) is 30.7 Å². The fraction of sp³-hybridized carbons (Fsp3) is 0.600. The van der Waals surface area contributed by atoms with Crippen molar-refractivity contribution in [3.63, 3.8) is 0 Å². The van der Waals surface area contributed by atoms with Gasteiger partial charge in [0.1, 0.15) is 4.90 Å². The lowest BCUT2D eigenvalue weighted by Crippen LogP contribution is -2.51. The van der Waals surface area contributed by atoms with Crippen LogP contribution in [0.25, 0.3) is 0 Å². The minimum Gasteiger partial charge on any atom is -0.379 e. The highest BCUT2D eigenvalue weighted by atomic mass is 35.5. The predicted octanol–water partition coefficient (Wildman–Crippen LogP) is 2.63. The molecule has 1 atom stereocenters. The lowest BCUT2D eigenvalue weighted by molar-refractivity contribution is 0.00776. The number of hydrogen-bond donors (Lipinski definition) is 1. The molecule has 1 aliphatic heterocycles. The van der Waals surface area contributed by atoms with Crippen LogP contribution < -0.4 is 4.72 Å². The first-order chi connectivity index (χ1) is 10.8. The van der Waals surface area contributed by atoms with Crippen LogP contribution in [0.15, 0.2) is 23.1 Å². The van der Waals surface area contributed by atoms with Crippen molar-refractivity contribution in [1.29, 1.82) is 0 Å². The number of morpholine rings is 1. The molecule has 0 unspecified atom stereocenters. The third-order valence-corrected chi connectivity index (χ3v) is 6.09. The molecular weight excluding hydrogens is 359 g/mol. The van der Waals surface area contributed by atoms with Crippen molar-refractivity contribution in [2.45, 2.75) is 24.8 Å². The van der Waals surface area contributed by atoms with E-state index in [0.717, 1.165) is 13.1 Å². The smallest absolute Gasteiger partial charge is 0.242 e. The molecular formula is C15H22Cl2N2O3S. The van der Waals surface area contributed by atoms with Gasteiger partial charge in [-0.05, 0) is 24.1 Å². The zero-order chi connectivity index (χ0) is 17.0. The highest BCUT2D eigenvalue weighted by Gasteiger charge is 2.26. The second-order valence-electron chi connectivity index (χ2n) is 5.89. The molecule has 23 heavy (non-hydrogen) atoms. The zero-order valence-electron chi connectivity index (χ0n) is 13.3. The monoisotopic (exact) mass is 380 g/mol. The molecule has 0 radical (unpaired) electrons. The second kappa shape index (κ2) is 8.14. The van der Waals surface area contributed by atoms with Gasteiger partial charge in [0.2, 0.25) is 10.0 Å². The van der Waals surface area contributed by atoms with Crippen LogP contribution in [-0.2, 0) is 14.8 Å². The summed E-state index contributed by atoms with van der Waals surface area (Å²) in [6.07, 6.45) is 0. The highest BCUT2D eigenvalue weighted by molar-refractivity contribution is 7.89. The first kappa shape index (κ1) is 19.0. The summed E-state index contributed by atoms with van der Waals surface area (Å²) in [7, 11) is -3.71. The topological polar surface area (TPSA) is 58.6 Å². The summed E-state index contributed by atoms with van der Waals surface area (Å²) >= 11 is 11.9. The van der Waals surface area contributed by atoms with Crippen molar-refractivity contribution >= 4 is 33.2 Å². The average Bonchev–Trinajstić information content (AvgIpc) is 2.50. The van der Waals surface area contributed by atoms with Gasteiger partial charge in [0.25, 0.3) is 0 Å². The first-order valence-corrected chi connectivity index (χ1v) is 9.81. The highest BCUT2D eigenvalue weighted by Crippen LogP contribution is 2.25. The Hall–Kier alpha value is -0.370. The number of hydrogen-bond acceptors (Lipinski definition) is 4. The molecule has 0 bridgehead atoms. The van der Waals surface area contributed by atoms with Gasteiger partial charge in [0.15, 0.2) is 0 Å². The van der Waals surface area contributed by atoms with E-state index >= 15 is 0 Å². The van der Waals surface area contributed by atoms with Crippen molar-refractivity contribution in [2.75, 3.05) is 32.8 Å². The third-order valence-electron chi connectivity index (χ3n) is 3.95. The first-order valence-electron chi connectivity index (χ1n) is 7.58. The molecule has 5 nitrogen and oxygen atoms in total. The summed E-state index contributed by atoms with van der Waals surface area (Å²) in [5.41, 5.74) is 0. The van der Waals surface area contributed by atoms with Crippen LogP contribution >= 0.6 is 23.2 Å². The number of nitrogens with one attached hydrogen (secondary N) is 1. The van der Waals surface area contributed by atoms with E-state index in [0.29, 0.717) is 30.7 Å². The molecule has 1 N–H and O–H groups in total. The number of halogens is 2. The van der Waals surface area contributed by atoms with Crippen LogP contribution in [0, 0.1) is 5.92 Å². The summed E-state index contributed by atoms with van der Waals surface area (Å²) in [4.78, 5) is 2.27. The van der Waals surface area contributed by atoms with E-state index in [1.807, 2.05) is 0 Å². The number of benzene rings is 1. The standard InChI is InChI=1S/C15H22Cl2N2O3S/c1-11(2)14(19-5-7-22-8-6-19)10-18-23(20,21)15-9-12(16)3-4-13(15)17/h3-4,9,11,14,18H,5-8,10H2,1-2H3/t14-/m1/s1. The molecule has 1 saturated heterocycles. The summed E-state index contributed by atoms with van der Waals surface area (Å²) in [6, 6.07) is 4.52. The Labute approximate surface area is 148 Å². The minimum atomic E-state index is -3.71. The number of rotatable bonds is 6. The van der Waals surface area contributed by atoms with Crippen LogP contribution in [0.3, 0.4) is 0 Å². The quantitative estimate of drug-likeness (QED) is 0.823. The van der Waals surface area contributed by atoms with Crippen molar-refractivity contribution < 1.29 is 13.2 Å². The molecule has 1 fully saturated rings. The van der Waals surface area contributed by atoms with Crippen LogP contribution in [0.4, 0.5) is 0 Å². The summed E-state index contributed by atoms with van der Waals surface area (Å²) in [6.45, 7) is 7.46. The summed E-state index contributed by atoms with van der Waals surface area (Å²) in [5, 5.41) is 0.498. The predicted molar refractivity (Wildman–Crippen MR) is 92.7 cm³/mol. The summed E-state index contributed by atoms with van der Waals surface area (Å²) < 4.78 is 33.1. The average molecular weight is 381 g/mol. The van der Waals surface area contributed by atoms with E-state index in [-0.39, 0.29) is 16.0 Å². The van der Waals surface area contributed by atoms with Crippen molar-refractivity contribution in [3.8, 4) is 0 Å². The molecule has 1 aliphatic rings. The summed E-state index contributed by atoms with van der Waals surface area (Å²) in [5.74, 6) is 0.311. The molecule has 1 aromatic carbocycles. The lowest BCUT2D eigenvalue weighted by Gasteiger charge is -2.36. The van der Waals surface area contributed by atoms with Crippen molar-refractivity contribution in [3.05, 3.63) is 28.2 Å². The molecule has 2 rings (SSSR count). The Morgan fingerprint density at radius 1 is 1.26 bits per heavy atom. The third kappa shape index (κ3) is 5.05. The van der Waals surface area contributed by atoms with Crippen LogP contribution in [0.1, 0.15) is 13.8 Å². The van der Waals surface area contributed by atoms with Gasteiger partial charge in [-0.1, -0.05) is 37.0 Å². The van der Waals surface area contributed by atoms with Gasteiger partial charge in [0.05, 0.1) is 18.2 Å². The van der Waals surface area contributed by atoms with Crippen LogP contribution in [0.2, 0.25) is 10.0 Å². The molecule has 8 heteroatoms. The van der Waals surface area contributed by atoms with E-state index in [4.69, 9.17) is 27.9 Å². The Morgan fingerprint density at radius 2 is 1.91 bits per heavy atom. The normalized spacial score (nSPS) is 18.3. The van der Waals surface area contributed by atoms with E-state index in [1.54, 1.807) is 6.07 Å². The SMILES string of the molecule is CC(C)[C@@H](CNS(=O)(=O)c1cc(Cl)ccc1Cl)N1CCOCC1. The molecule has 1 heterocycles. The lowest BCUT2D eigenvalue weighted by atomic mass is 10.0. The fourth-order valence-corrected chi connectivity index (χ4v) is 4.46. The van der Waals surface area contributed by atoms with Gasteiger partial charge in [-0.3, -0.25) is 4.90 Å². The number of ether oxygens (including phenoxy) is 1. The van der Waals surface area contributed by atoms with E-state index in [2.05, 4.69) is 23.5 Å². The second-order valence-corrected chi connectivity index (χ2v) is 8.47. The van der Waals surface area contributed by atoms with Gasteiger partial charge in [-0.25, -0.2) is 13.1 Å². The Morgan fingerprint density at radius 3 is 2.52 bits per heavy atom. The van der Waals surface area contributed by atoms with Gasteiger partial charge in [-0.15, -0.1) is 0 Å². The molecule has 0 saturated carbocycles. The maximum Gasteiger partial charge on any atom is 0.242 e. The molecule has 0 aromatic heterocycles. The Balaban J connectivity index is 2.11. The zero-order valence-corrected chi connectivity index (χ0v) is 15.6. The molecule has 130 valence electrons. The van der Waals surface area contributed by atoms with Gasteiger partial charge < -0.3 is 4.74 Å². The van der Waals surface area contributed by atoms with Crippen LogP contribution in [0.5, 0.6) is 0 Å². The van der Waals surface area contributed by atoms with Crippen LogP contribution in [-0.4, -0.2) is 52.2 Å². The van der Waals surface area contributed by atoms with Gasteiger partial charge in [-0.2, -0.15) is 0 Å². The molecule has 0 spiro atoms. The fourth-order valence-electron chi connectivity index (χ4n) is 2.65. The van der Waals surface area contributed by atoms with E-state index in [9.17, 15) is 8.42 Å². The molecule has 0 aliphatic carbocycles. The number of sulfonamides is 1. The van der Waals surface area contributed by atoms with Crippen molar-refractivity contribution in [1.82, 2.24) is 9.62 Å². The molecule has 1 aromatic rings. The van der Waals surface area contributed by atoms with Gasteiger partial charge >= 0.3 is 0 Å². The Bertz CT molecular complexity index is 632.